The fourth-order valence-electron chi connectivity index (χ4n) is 1.45. The van der Waals surface area contributed by atoms with Crippen LogP contribution in [0.2, 0.25) is 0 Å². The summed E-state index contributed by atoms with van der Waals surface area (Å²) in [5, 5.41) is 0. The topological polar surface area (TPSA) is 29.3 Å². The van der Waals surface area contributed by atoms with Crippen LogP contribution in [0.4, 0.5) is 0 Å². The molecule has 0 aliphatic heterocycles. The number of likely N-dealkylation sites (N-methyl/N-ethyl adjacent to an activating group) is 1. The molecule has 88 valence electrons. The summed E-state index contributed by atoms with van der Waals surface area (Å²) >= 11 is 0. The van der Waals surface area contributed by atoms with Crippen molar-refractivity contribution < 1.29 is 0 Å². The van der Waals surface area contributed by atoms with E-state index in [1.807, 2.05) is 20.2 Å². The molecule has 0 saturated carbocycles. The quantitative estimate of drug-likeness (QED) is 0.886. The molecule has 0 heterocycles. The van der Waals surface area contributed by atoms with Crippen LogP contribution in [0.5, 0.6) is 0 Å². The smallest absolute Gasteiger partial charge is 0.0208 e. The Morgan fingerprint density at radius 3 is 2.13 bits per heavy atom. The van der Waals surface area contributed by atoms with E-state index in [-0.39, 0.29) is 30.9 Å². The van der Waals surface area contributed by atoms with Crippen LogP contribution in [0.1, 0.15) is 5.56 Å². The van der Waals surface area contributed by atoms with E-state index in [1.54, 1.807) is 0 Å². The summed E-state index contributed by atoms with van der Waals surface area (Å²) in [7, 11) is 4.09. The second kappa shape index (κ2) is 8.98. The highest BCUT2D eigenvalue weighted by Gasteiger charge is 2.04. The first-order valence-electron chi connectivity index (χ1n) is 4.62. The molecule has 4 heteroatoms. The van der Waals surface area contributed by atoms with Gasteiger partial charge >= 0.3 is 0 Å². The van der Waals surface area contributed by atoms with Crippen molar-refractivity contribution in [1.29, 1.82) is 0 Å². The van der Waals surface area contributed by atoms with Gasteiger partial charge in [0, 0.05) is 12.6 Å². The summed E-state index contributed by atoms with van der Waals surface area (Å²) in [6.45, 7) is 0.939. The summed E-state index contributed by atoms with van der Waals surface area (Å²) < 4.78 is 0. The van der Waals surface area contributed by atoms with Crippen molar-refractivity contribution in [3.05, 3.63) is 35.9 Å². The van der Waals surface area contributed by atoms with Crippen molar-refractivity contribution in [2.45, 2.75) is 12.5 Å². The van der Waals surface area contributed by atoms with Crippen LogP contribution < -0.4 is 5.73 Å². The molecule has 15 heavy (non-hydrogen) atoms. The highest BCUT2D eigenvalue weighted by atomic mass is 35.5. The van der Waals surface area contributed by atoms with Gasteiger partial charge in [0.05, 0.1) is 0 Å². The molecule has 0 radical (unpaired) electrons. The number of benzene rings is 1. The summed E-state index contributed by atoms with van der Waals surface area (Å²) in [5.41, 5.74) is 7.28. The van der Waals surface area contributed by atoms with Gasteiger partial charge in [-0.25, -0.2) is 0 Å². The third-order valence-corrected chi connectivity index (χ3v) is 1.94. The van der Waals surface area contributed by atoms with Gasteiger partial charge in [0.25, 0.3) is 0 Å². The SMILES string of the molecule is CN(C)C[C@@H](N)Cc1ccccc1.Cl.Cl. The van der Waals surface area contributed by atoms with Gasteiger partial charge in [-0.3, -0.25) is 0 Å². The van der Waals surface area contributed by atoms with Crippen molar-refractivity contribution in [3.63, 3.8) is 0 Å². The lowest BCUT2D eigenvalue weighted by molar-refractivity contribution is 0.371. The summed E-state index contributed by atoms with van der Waals surface area (Å²) in [6, 6.07) is 10.6. The van der Waals surface area contributed by atoms with Gasteiger partial charge in [-0.15, -0.1) is 24.8 Å². The highest BCUT2D eigenvalue weighted by Crippen LogP contribution is 2.01. The van der Waals surface area contributed by atoms with Crippen LogP contribution in [0, 0.1) is 0 Å². The monoisotopic (exact) mass is 250 g/mol. The maximum Gasteiger partial charge on any atom is 0.0208 e. The molecule has 1 rings (SSSR count). The molecule has 0 aromatic heterocycles. The molecule has 1 atom stereocenters. The van der Waals surface area contributed by atoms with Crippen LogP contribution >= 0.6 is 24.8 Å². The average molecular weight is 251 g/mol. The van der Waals surface area contributed by atoms with Crippen LogP contribution in [-0.4, -0.2) is 31.6 Å². The van der Waals surface area contributed by atoms with Crippen molar-refractivity contribution in [2.24, 2.45) is 5.73 Å². The first-order chi connectivity index (χ1) is 6.18. The number of nitrogens with two attached hydrogens (primary N) is 1. The van der Waals surface area contributed by atoms with E-state index in [2.05, 4.69) is 29.2 Å². The third kappa shape index (κ3) is 7.63. The molecule has 0 aliphatic carbocycles. The van der Waals surface area contributed by atoms with E-state index in [0.29, 0.717) is 0 Å². The molecule has 0 spiro atoms. The molecular formula is C11H20Cl2N2. The second-order valence-electron chi connectivity index (χ2n) is 3.71. The zero-order valence-corrected chi connectivity index (χ0v) is 10.9. The number of hydrogen-bond donors (Lipinski definition) is 1. The molecular weight excluding hydrogens is 231 g/mol. The van der Waals surface area contributed by atoms with Gasteiger partial charge in [-0.05, 0) is 26.1 Å². The molecule has 0 fully saturated rings. The molecule has 2 nitrogen and oxygen atoms in total. The fourth-order valence-corrected chi connectivity index (χ4v) is 1.45. The van der Waals surface area contributed by atoms with Crippen LogP contribution in [0.15, 0.2) is 30.3 Å². The first-order valence-corrected chi connectivity index (χ1v) is 4.62. The zero-order valence-electron chi connectivity index (χ0n) is 9.22. The lowest BCUT2D eigenvalue weighted by Crippen LogP contribution is -2.34. The standard InChI is InChI=1S/C11H18N2.2ClH/c1-13(2)9-11(12)8-10-6-4-3-5-7-10;;/h3-7,11H,8-9,12H2,1-2H3;2*1H/t11-;;/m0../s1. The Labute approximate surface area is 105 Å². The van der Waals surface area contributed by atoms with Crippen molar-refractivity contribution >= 4 is 24.8 Å². The van der Waals surface area contributed by atoms with E-state index >= 15 is 0 Å². The number of nitrogens with zero attached hydrogens (tertiary/aromatic N) is 1. The number of hydrogen-bond acceptors (Lipinski definition) is 2. The minimum atomic E-state index is 0. The molecule has 1 aromatic rings. The Morgan fingerprint density at radius 1 is 1.13 bits per heavy atom. The highest BCUT2D eigenvalue weighted by molar-refractivity contribution is 5.85. The van der Waals surface area contributed by atoms with Crippen molar-refractivity contribution in [1.82, 2.24) is 4.90 Å². The minimum absolute atomic E-state index is 0. The molecule has 0 saturated heterocycles. The van der Waals surface area contributed by atoms with E-state index in [4.69, 9.17) is 5.73 Å². The van der Waals surface area contributed by atoms with Crippen LogP contribution in [-0.2, 0) is 6.42 Å². The minimum Gasteiger partial charge on any atom is -0.326 e. The average Bonchev–Trinajstić information content (AvgIpc) is 2.04. The first kappa shape index (κ1) is 17.1. The third-order valence-electron chi connectivity index (χ3n) is 1.94. The van der Waals surface area contributed by atoms with Gasteiger partial charge in [0.15, 0.2) is 0 Å². The molecule has 2 N–H and O–H groups in total. The number of rotatable bonds is 4. The Kier molecular flexibility index (Phi) is 10.3. The van der Waals surface area contributed by atoms with Crippen molar-refractivity contribution in [2.75, 3.05) is 20.6 Å². The van der Waals surface area contributed by atoms with Gasteiger partial charge in [0.1, 0.15) is 0 Å². The van der Waals surface area contributed by atoms with Gasteiger partial charge in [0.2, 0.25) is 0 Å². The second-order valence-corrected chi connectivity index (χ2v) is 3.71. The Hall–Kier alpha value is -0.280. The van der Waals surface area contributed by atoms with Crippen LogP contribution in [0.25, 0.3) is 0 Å². The molecule has 0 aliphatic rings. The predicted molar refractivity (Wildman–Crippen MR) is 71.2 cm³/mol. The Morgan fingerprint density at radius 2 is 1.67 bits per heavy atom. The van der Waals surface area contributed by atoms with E-state index in [1.165, 1.54) is 5.56 Å². The van der Waals surface area contributed by atoms with Gasteiger partial charge < -0.3 is 10.6 Å². The van der Waals surface area contributed by atoms with E-state index in [9.17, 15) is 0 Å². The molecule has 0 amide bonds. The lowest BCUT2D eigenvalue weighted by Gasteiger charge is -2.16. The lowest BCUT2D eigenvalue weighted by atomic mass is 10.1. The molecule has 0 bridgehead atoms. The maximum absolute atomic E-state index is 5.96. The summed E-state index contributed by atoms with van der Waals surface area (Å²) in [6.07, 6.45) is 0.957. The van der Waals surface area contributed by atoms with Crippen LogP contribution in [0.3, 0.4) is 0 Å². The van der Waals surface area contributed by atoms with E-state index < -0.39 is 0 Å². The fraction of sp³-hybridized carbons (Fsp3) is 0.455. The largest absolute Gasteiger partial charge is 0.326 e. The van der Waals surface area contributed by atoms with Gasteiger partial charge in [-0.2, -0.15) is 0 Å². The van der Waals surface area contributed by atoms with Crippen molar-refractivity contribution in [3.8, 4) is 0 Å². The maximum atomic E-state index is 5.96. The number of halogens is 2. The van der Waals surface area contributed by atoms with Gasteiger partial charge in [-0.1, -0.05) is 30.3 Å². The summed E-state index contributed by atoms with van der Waals surface area (Å²) in [4.78, 5) is 2.12. The molecule has 0 unspecified atom stereocenters. The van der Waals surface area contributed by atoms with E-state index in [0.717, 1.165) is 13.0 Å². The zero-order chi connectivity index (χ0) is 9.68. The summed E-state index contributed by atoms with van der Waals surface area (Å²) in [5.74, 6) is 0. The normalized spacial score (nSPS) is 11.5. The Balaban J connectivity index is 0. The Bertz CT molecular complexity index is 240. The predicted octanol–water partition coefficient (Wildman–Crippen LogP) is 1.96. The molecule has 1 aromatic carbocycles.